The molecule has 1 rings (SSSR count). The molecule has 0 atom stereocenters. The molecule has 0 bridgehead atoms. The predicted molar refractivity (Wildman–Crippen MR) is 53.2 cm³/mol. The lowest BCUT2D eigenvalue weighted by Gasteiger charge is -2.26. The highest BCUT2D eigenvalue weighted by Crippen LogP contribution is 2.22. The van der Waals surface area contributed by atoms with Gasteiger partial charge in [0.2, 0.25) is 0 Å². The van der Waals surface area contributed by atoms with Gasteiger partial charge in [0.25, 0.3) is 0 Å². The third kappa shape index (κ3) is 3.14. The molecule has 0 amide bonds. The first-order chi connectivity index (χ1) is 6.77. The van der Waals surface area contributed by atoms with Crippen LogP contribution in [0.25, 0.3) is 0 Å². The molecule has 0 saturated heterocycles. The van der Waals surface area contributed by atoms with E-state index in [1.807, 2.05) is 4.90 Å². The highest BCUT2D eigenvalue weighted by molar-refractivity contribution is 5.81. The van der Waals surface area contributed by atoms with E-state index in [9.17, 15) is 4.39 Å². The van der Waals surface area contributed by atoms with Crippen molar-refractivity contribution in [2.75, 3.05) is 19.8 Å². The van der Waals surface area contributed by atoms with Crippen molar-refractivity contribution in [1.82, 2.24) is 4.90 Å². The monoisotopic (exact) mass is 203 g/mol. The van der Waals surface area contributed by atoms with Crippen molar-refractivity contribution in [1.29, 1.82) is 0 Å². The summed E-state index contributed by atoms with van der Waals surface area (Å²) < 4.78 is 12.3. The fourth-order valence-corrected chi connectivity index (χ4v) is 2.01. The lowest BCUT2D eigenvalue weighted by atomic mass is 10.2. The van der Waals surface area contributed by atoms with Crippen molar-refractivity contribution in [3.63, 3.8) is 0 Å². The van der Waals surface area contributed by atoms with Crippen LogP contribution in [0.2, 0.25) is 0 Å². The van der Waals surface area contributed by atoms with Crippen LogP contribution in [-0.2, 0) is 0 Å². The van der Waals surface area contributed by atoms with Crippen molar-refractivity contribution in [3.8, 4) is 0 Å². The minimum absolute atomic E-state index is 0.158. The number of amidine groups is 1. The van der Waals surface area contributed by atoms with Crippen molar-refractivity contribution in [2.24, 2.45) is 10.9 Å². The van der Waals surface area contributed by atoms with Gasteiger partial charge < -0.3 is 10.9 Å². The summed E-state index contributed by atoms with van der Waals surface area (Å²) in [5.74, 6) is 0.158. The van der Waals surface area contributed by atoms with E-state index < -0.39 is 0 Å². The third-order valence-corrected chi connectivity index (χ3v) is 2.71. The zero-order chi connectivity index (χ0) is 10.4. The Hall–Kier alpha value is -0.840. The largest absolute Gasteiger partial charge is 0.409 e. The molecule has 5 heteroatoms. The maximum atomic E-state index is 12.3. The second-order valence-corrected chi connectivity index (χ2v) is 3.69. The standard InChI is InChI=1S/C9H18FN3O/c10-5-6-13(7-9(11)12-14)8-3-1-2-4-8/h8,14H,1-7H2,(H2,11,12). The number of nitrogens with zero attached hydrogens (tertiary/aromatic N) is 2. The summed E-state index contributed by atoms with van der Waals surface area (Å²) in [4.78, 5) is 1.96. The van der Waals surface area contributed by atoms with E-state index in [0.29, 0.717) is 19.1 Å². The zero-order valence-electron chi connectivity index (χ0n) is 8.32. The molecule has 0 aromatic rings. The van der Waals surface area contributed by atoms with Crippen molar-refractivity contribution in [3.05, 3.63) is 0 Å². The minimum atomic E-state index is -0.380. The van der Waals surface area contributed by atoms with Gasteiger partial charge in [0.1, 0.15) is 6.67 Å². The van der Waals surface area contributed by atoms with Crippen molar-refractivity contribution < 1.29 is 9.60 Å². The quantitative estimate of drug-likeness (QED) is 0.302. The molecule has 0 unspecified atom stereocenters. The van der Waals surface area contributed by atoms with Crippen LogP contribution in [0, 0.1) is 0 Å². The van der Waals surface area contributed by atoms with Crippen molar-refractivity contribution in [2.45, 2.75) is 31.7 Å². The Bertz CT molecular complexity index is 192. The number of hydrogen-bond acceptors (Lipinski definition) is 3. The number of hydrogen-bond donors (Lipinski definition) is 2. The third-order valence-electron chi connectivity index (χ3n) is 2.71. The molecule has 4 nitrogen and oxygen atoms in total. The number of rotatable bonds is 5. The van der Waals surface area contributed by atoms with Gasteiger partial charge in [-0.2, -0.15) is 0 Å². The van der Waals surface area contributed by atoms with Crippen molar-refractivity contribution >= 4 is 5.84 Å². The van der Waals surface area contributed by atoms with Crippen LogP contribution in [0.4, 0.5) is 4.39 Å². The molecule has 3 N–H and O–H groups in total. The van der Waals surface area contributed by atoms with Gasteiger partial charge in [0.05, 0.1) is 6.54 Å². The predicted octanol–water partition coefficient (Wildman–Crippen LogP) is 0.947. The molecular formula is C9H18FN3O. The van der Waals surface area contributed by atoms with Gasteiger partial charge in [0, 0.05) is 12.6 Å². The fraction of sp³-hybridized carbons (Fsp3) is 0.889. The summed E-state index contributed by atoms with van der Waals surface area (Å²) in [6, 6.07) is 0.408. The Labute approximate surface area is 83.6 Å². The van der Waals surface area contributed by atoms with E-state index in [-0.39, 0.29) is 12.5 Å². The Morgan fingerprint density at radius 3 is 2.64 bits per heavy atom. The molecule has 82 valence electrons. The van der Waals surface area contributed by atoms with Gasteiger partial charge in [-0.3, -0.25) is 4.90 Å². The Morgan fingerprint density at radius 1 is 1.50 bits per heavy atom. The highest BCUT2D eigenvalue weighted by atomic mass is 19.1. The molecule has 1 aliphatic carbocycles. The molecule has 0 heterocycles. The van der Waals surface area contributed by atoms with Gasteiger partial charge in [0.15, 0.2) is 5.84 Å². The Morgan fingerprint density at radius 2 is 2.14 bits per heavy atom. The van der Waals surface area contributed by atoms with Gasteiger partial charge in [-0.15, -0.1) is 0 Å². The van der Waals surface area contributed by atoms with E-state index in [0.717, 1.165) is 12.8 Å². The van der Waals surface area contributed by atoms with E-state index in [1.165, 1.54) is 12.8 Å². The van der Waals surface area contributed by atoms with Crippen LogP contribution < -0.4 is 5.73 Å². The lowest BCUT2D eigenvalue weighted by molar-refractivity contribution is 0.204. The van der Waals surface area contributed by atoms with Crippen LogP contribution in [-0.4, -0.2) is 41.7 Å². The summed E-state index contributed by atoms with van der Waals surface area (Å²) in [5.41, 5.74) is 5.41. The maximum absolute atomic E-state index is 12.3. The molecule has 0 spiro atoms. The van der Waals surface area contributed by atoms with E-state index >= 15 is 0 Å². The van der Waals surface area contributed by atoms with E-state index in [4.69, 9.17) is 10.9 Å². The van der Waals surface area contributed by atoms with Crippen LogP contribution >= 0.6 is 0 Å². The van der Waals surface area contributed by atoms with Crippen LogP contribution in [0.3, 0.4) is 0 Å². The SMILES string of the molecule is NC(CN(CCF)C1CCCC1)=NO. The van der Waals surface area contributed by atoms with Crippen LogP contribution in [0.15, 0.2) is 5.16 Å². The molecular weight excluding hydrogens is 185 g/mol. The zero-order valence-corrected chi connectivity index (χ0v) is 8.32. The molecule has 0 radical (unpaired) electrons. The highest BCUT2D eigenvalue weighted by Gasteiger charge is 2.22. The molecule has 1 saturated carbocycles. The van der Waals surface area contributed by atoms with Gasteiger partial charge >= 0.3 is 0 Å². The minimum Gasteiger partial charge on any atom is -0.409 e. The normalized spacial score (nSPS) is 19.4. The smallest absolute Gasteiger partial charge is 0.153 e. The number of nitrogens with two attached hydrogens (primary N) is 1. The molecule has 1 aliphatic rings. The lowest BCUT2D eigenvalue weighted by Crippen LogP contribution is -2.41. The molecule has 1 fully saturated rings. The average Bonchev–Trinajstić information content (AvgIpc) is 2.69. The maximum Gasteiger partial charge on any atom is 0.153 e. The number of alkyl halides is 1. The van der Waals surface area contributed by atoms with E-state index in [2.05, 4.69) is 5.16 Å². The fourth-order valence-electron chi connectivity index (χ4n) is 2.01. The van der Waals surface area contributed by atoms with Crippen LogP contribution in [0.5, 0.6) is 0 Å². The first-order valence-electron chi connectivity index (χ1n) is 5.04. The number of oxime groups is 1. The number of halogens is 1. The summed E-state index contributed by atoms with van der Waals surface area (Å²) in [6.45, 7) is 0.362. The first kappa shape index (κ1) is 11.2. The second-order valence-electron chi connectivity index (χ2n) is 3.69. The second kappa shape index (κ2) is 5.80. The molecule has 0 aliphatic heterocycles. The van der Waals surface area contributed by atoms with Crippen LogP contribution in [0.1, 0.15) is 25.7 Å². The molecule has 0 aromatic carbocycles. The Kier molecular flexibility index (Phi) is 4.65. The van der Waals surface area contributed by atoms with Gasteiger partial charge in [-0.25, -0.2) is 4.39 Å². The molecule has 14 heavy (non-hydrogen) atoms. The van der Waals surface area contributed by atoms with Gasteiger partial charge in [-0.1, -0.05) is 18.0 Å². The average molecular weight is 203 g/mol. The molecule has 0 aromatic heterocycles. The topological polar surface area (TPSA) is 61.8 Å². The Balaban J connectivity index is 2.44. The summed E-state index contributed by atoms with van der Waals surface area (Å²) in [6.07, 6.45) is 4.59. The van der Waals surface area contributed by atoms with E-state index in [1.54, 1.807) is 0 Å². The summed E-state index contributed by atoms with van der Waals surface area (Å²) in [7, 11) is 0. The summed E-state index contributed by atoms with van der Waals surface area (Å²) >= 11 is 0. The summed E-state index contributed by atoms with van der Waals surface area (Å²) in [5, 5.41) is 11.3. The first-order valence-corrected chi connectivity index (χ1v) is 5.04. The van der Waals surface area contributed by atoms with Gasteiger partial charge in [-0.05, 0) is 12.8 Å².